The van der Waals surface area contributed by atoms with Gasteiger partial charge in [-0.25, -0.2) is 4.79 Å². The Morgan fingerprint density at radius 3 is 1.60 bits per heavy atom. The van der Waals surface area contributed by atoms with Crippen molar-refractivity contribution < 1.29 is 19.1 Å². The van der Waals surface area contributed by atoms with E-state index >= 15 is 0 Å². The molecule has 0 aliphatic carbocycles. The third-order valence-corrected chi connectivity index (χ3v) is 15.9. The van der Waals surface area contributed by atoms with Crippen molar-refractivity contribution in [3.8, 4) is 0 Å². The molecule has 0 saturated heterocycles. The molecule has 0 heterocycles. The maximum Gasteiger partial charge on any atom is 0.405 e. The van der Waals surface area contributed by atoms with Crippen molar-refractivity contribution in [2.24, 2.45) is 0 Å². The summed E-state index contributed by atoms with van der Waals surface area (Å²) in [6, 6.07) is 57.2. The first-order valence-corrected chi connectivity index (χ1v) is 22.0. The second-order valence-corrected chi connectivity index (χ2v) is 20.2. The number of unbranched alkanes of at least 4 members (excludes halogenated alkanes) is 1. The second-order valence-electron chi connectivity index (χ2n) is 15.9. The van der Waals surface area contributed by atoms with Crippen LogP contribution in [0.3, 0.4) is 0 Å². The minimum Gasteiger partial charge on any atom is -0.465 e. The Kier molecular flexibility index (Phi) is 13.8. The Morgan fingerprint density at radius 1 is 0.638 bits per heavy atom. The molecule has 0 aromatic heterocycles. The molecule has 0 aliphatic rings. The van der Waals surface area contributed by atoms with Crippen LogP contribution in [0.2, 0.25) is 5.04 Å². The van der Waals surface area contributed by atoms with E-state index in [1.54, 1.807) is 0 Å². The van der Waals surface area contributed by atoms with Crippen LogP contribution in [0.15, 0.2) is 170 Å². The van der Waals surface area contributed by atoms with Gasteiger partial charge in [-0.15, -0.1) is 0 Å². The number of rotatable bonds is 17. The van der Waals surface area contributed by atoms with Crippen LogP contribution in [0.25, 0.3) is 0 Å². The average Bonchev–Trinajstić information content (AvgIpc) is 3.24. The first kappa shape index (κ1) is 41.8. The van der Waals surface area contributed by atoms with Gasteiger partial charge in [0.05, 0.1) is 12.1 Å². The summed E-state index contributed by atoms with van der Waals surface area (Å²) in [6.45, 7) is 9.89. The summed E-state index contributed by atoms with van der Waals surface area (Å²) in [6.07, 6.45) is 0.453. The van der Waals surface area contributed by atoms with Crippen LogP contribution >= 0.6 is 0 Å². The van der Waals surface area contributed by atoms with E-state index in [2.05, 4.69) is 165 Å². The van der Waals surface area contributed by atoms with Gasteiger partial charge in [0.1, 0.15) is 6.04 Å². The van der Waals surface area contributed by atoms with Crippen LogP contribution in [0.5, 0.6) is 0 Å². The summed E-state index contributed by atoms with van der Waals surface area (Å²) in [4.78, 5) is 25.4. The van der Waals surface area contributed by atoms with E-state index in [1.165, 1.54) is 15.9 Å². The maximum absolute atomic E-state index is 13.5. The molecule has 58 heavy (non-hydrogen) atoms. The molecule has 6 aromatic rings. The largest absolute Gasteiger partial charge is 0.465 e. The van der Waals surface area contributed by atoms with Gasteiger partial charge < -0.3 is 20.2 Å². The fourth-order valence-corrected chi connectivity index (χ4v) is 12.6. The molecule has 8 heteroatoms. The van der Waals surface area contributed by atoms with E-state index < -0.39 is 31.9 Å². The lowest BCUT2D eigenvalue weighted by Crippen LogP contribution is -2.66. The normalized spacial score (nSPS) is 12.4. The molecule has 0 unspecified atom stereocenters. The molecule has 0 bridgehead atoms. The molecule has 4 N–H and O–H groups in total. The summed E-state index contributed by atoms with van der Waals surface area (Å²) >= 11 is 0. The lowest BCUT2D eigenvalue weighted by atomic mass is 9.76. The van der Waals surface area contributed by atoms with Gasteiger partial charge in [0, 0.05) is 5.69 Å². The fourth-order valence-electron chi connectivity index (χ4n) is 8.02. The third-order valence-electron chi connectivity index (χ3n) is 10.9. The van der Waals surface area contributed by atoms with Crippen LogP contribution in [0.1, 0.15) is 67.9 Å². The molecular weight excluding hydrogens is 735 g/mol. The molecule has 0 spiro atoms. The Bertz CT molecular complexity index is 2110. The zero-order chi connectivity index (χ0) is 41.0. The summed E-state index contributed by atoms with van der Waals surface area (Å²) in [5.74, 6) is -0.394. The SMILES string of the molecule is Cc1ccc(C(NCCCC[C@H](NC(=O)O)C(=O)Nc2ccc(CO[Si](c3ccccc3)(c3ccccc3)C(C)(C)C)cc2)(c2ccccc2)c2ccccc2)cc1. The highest BCUT2D eigenvalue weighted by Crippen LogP contribution is 2.38. The quantitative estimate of drug-likeness (QED) is 0.0420. The van der Waals surface area contributed by atoms with Crippen molar-refractivity contribution in [3.63, 3.8) is 0 Å². The molecule has 6 rings (SSSR count). The van der Waals surface area contributed by atoms with Gasteiger partial charge in [0.2, 0.25) is 5.91 Å². The predicted octanol–water partition coefficient (Wildman–Crippen LogP) is 9.40. The molecular formula is C50H55N3O4Si. The maximum atomic E-state index is 13.5. The highest BCUT2D eigenvalue weighted by Gasteiger charge is 2.50. The Labute approximate surface area is 344 Å². The van der Waals surface area contributed by atoms with Gasteiger partial charge in [0.15, 0.2) is 0 Å². The van der Waals surface area contributed by atoms with Gasteiger partial charge in [-0.1, -0.05) is 184 Å². The predicted molar refractivity (Wildman–Crippen MR) is 238 cm³/mol. The fraction of sp³-hybridized carbons (Fsp3) is 0.240. The smallest absolute Gasteiger partial charge is 0.405 e. The molecule has 2 amide bonds. The zero-order valence-corrected chi connectivity index (χ0v) is 35.0. The topological polar surface area (TPSA) is 99.7 Å². The van der Waals surface area contributed by atoms with Gasteiger partial charge in [-0.2, -0.15) is 0 Å². The molecule has 1 atom stereocenters. The summed E-state index contributed by atoms with van der Waals surface area (Å²) in [5.41, 5.74) is 5.51. The molecule has 298 valence electrons. The molecule has 0 aliphatic heterocycles. The van der Waals surface area contributed by atoms with Gasteiger partial charge >= 0.3 is 6.09 Å². The van der Waals surface area contributed by atoms with Crippen molar-refractivity contribution in [1.29, 1.82) is 0 Å². The number of amides is 2. The van der Waals surface area contributed by atoms with Gasteiger partial charge in [-0.05, 0) is 82.5 Å². The van der Waals surface area contributed by atoms with Crippen LogP contribution < -0.4 is 26.3 Å². The van der Waals surface area contributed by atoms with Crippen molar-refractivity contribution in [3.05, 3.63) is 198 Å². The van der Waals surface area contributed by atoms with E-state index in [4.69, 9.17) is 4.43 Å². The Balaban J connectivity index is 1.11. The van der Waals surface area contributed by atoms with Crippen molar-refractivity contribution >= 4 is 36.4 Å². The molecule has 0 fully saturated rings. The van der Waals surface area contributed by atoms with Gasteiger partial charge in [0.25, 0.3) is 8.32 Å². The standard InChI is InChI=1S/C50H55N3O4Si/c1-38-28-32-42(33-29-38)50(40-19-9-5-10-20-40,41-21-11-6-12-22-41)51-36-18-17-27-46(53-48(55)56)47(54)52-43-34-30-39(31-35-43)37-57-58(49(2,3)4,44-23-13-7-14-24-44)45-25-15-8-16-26-45/h5-16,19-26,28-35,46,51,53H,17-18,27,36-37H2,1-4H3,(H,52,54)(H,55,56)/t46-/m0/s1. The van der Waals surface area contributed by atoms with Crippen molar-refractivity contribution in [2.75, 3.05) is 11.9 Å². The molecule has 0 saturated carbocycles. The highest BCUT2D eigenvalue weighted by molar-refractivity contribution is 6.99. The Morgan fingerprint density at radius 2 is 1.12 bits per heavy atom. The van der Waals surface area contributed by atoms with Crippen LogP contribution in [0.4, 0.5) is 10.5 Å². The summed E-state index contributed by atoms with van der Waals surface area (Å²) < 4.78 is 7.09. The van der Waals surface area contributed by atoms with Gasteiger partial charge in [-0.3, -0.25) is 10.1 Å². The zero-order valence-electron chi connectivity index (χ0n) is 34.0. The average molecular weight is 790 g/mol. The minimum atomic E-state index is -2.72. The number of hydrogen-bond acceptors (Lipinski definition) is 4. The third kappa shape index (κ3) is 9.65. The van der Waals surface area contributed by atoms with E-state index in [-0.39, 0.29) is 5.04 Å². The lowest BCUT2D eigenvalue weighted by Gasteiger charge is -2.43. The van der Waals surface area contributed by atoms with E-state index in [9.17, 15) is 14.7 Å². The molecule has 6 aromatic carbocycles. The number of benzene rings is 6. The van der Waals surface area contributed by atoms with E-state index in [0.29, 0.717) is 31.7 Å². The van der Waals surface area contributed by atoms with Crippen molar-refractivity contribution in [1.82, 2.24) is 10.6 Å². The van der Waals surface area contributed by atoms with Crippen LogP contribution in [0, 0.1) is 6.92 Å². The minimum absolute atomic E-state index is 0.153. The number of carbonyl (C=O) groups is 2. The number of hydrogen-bond donors (Lipinski definition) is 4. The number of carboxylic acid groups (broad SMARTS) is 1. The monoisotopic (exact) mass is 789 g/mol. The lowest BCUT2D eigenvalue weighted by molar-refractivity contribution is -0.118. The first-order valence-electron chi connectivity index (χ1n) is 20.1. The first-order chi connectivity index (χ1) is 28.0. The summed E-state index contributed by atoms with van der Waals surface area (Å²) in [5, 5.41) is 21.2. The number of aryl methyl sites for hydroxylation is 1. The number of carbonyl (C=O) groups excluding carboxylic acids is 1. The molecule has 0 radical (unpaired) electrons. The highest BCUT2D eigenvalue weighted by atomic mass is 28.4. The second kappa shape index (κ2) is 19.1. The van der Waals surface area contributed by atoms with Crippen LogP contribution in [-0.2, 0) is 21.4 Å². The summed E-state index contributed by atoms with van der Waals surface area (Å²) in [7, 11) is -2.72. The van der Waals surface area contributed by atoms with Crippen molar-refractivity contribution in [2.45, 2.75) is 70.2 Å². The number of nitrogens with one attached hydrogen (secondary N) is 3. The van der Waals surface area contributed by atoms with E-state index in [1.807, 2.05) is 48.5 Å². The Hall–Kier alpha value is -5.80. The van der Waals surface area contributed by atoms with Crippen LogP contribution in [-0.4, -0.2) is 38.0 Å². The number of anilines is 1. The molecule has 7 nitrogen and oxygen atoms in total. The van der Waals surface area contributed by atoms with E-state index in [0.717, 1.165) is 28.7 Å².